The highest BCUT2D eigenvalue weighted by Gasteiger charge is 2.57. The van der Waals surface area contributed by atoms with E-state index in [0.29, 0.717) is 17.6 Å². The third-order valence-electron chi connectivity index (χ3n) is 3.00. The fraction of sp³-hybridized carbons (Fsp3) is 0.889. The molecule has 0 aromatic rings. The average Bonchev–Trinajstić information content (AvgIpc) is 2.41. The molecule has 0 aromatic heterocycles. The third kappa shape index (κ3) is 1.09. The molecule has 0 amide bonds. The van der Waals surface area contributed by atoms with Crippen LogP contribution in [0.15, 0.2) is 0 Å². The van der Waals surface area contributed by atoms with Crippen molar-refractivity contribution in [1.82, 2.24) is 4.90 Å². The maximum atomic E-state index is 11.2. The molecule has 2 heteroatoms. The predicted octanol–water partition coefficient (Wildman–Crippen LogP) is 0.773. The van der Waals surface area contributed by atoms with Crippen LogP contribution < -0.4 is 0 Å². The van der Waals surface area contributed by atoms with Gasteiger partial charge in [0.1, 0.15) is 5.78 Å². The van der Waals surface area contributed by atoms with Gasteiger partial charge in [-0.2, -0.15) is 0 Å². The van der Waals surface area contributed by atoms with Crippen LogP contribution in [0.5, 0.6) is 0 Å². The van der Waals surface area contributed by atoms with E-state index in [4.69, 9.17) is 0 Å². The lowest BCUT2D eigenvalue weighted by molar-refractivity contribution is -0.119. The second kappa shape index (κ2) is 2.31. The largest absolute Gasteiger partial charge is 0.309 e. The molecule has 0 saturated heterocycles. The first-order valence-electron chi connectivity index (χ1n) is 4.37. The van der Waals surface area contributed by atoms with E-state index in [2.05, 4.69) is 19.0 Å². The summed E-state index contributed by atoms with van der Waals surface area (Å²) >= 11 is 0. The lowest BCUT2D eigenvalue weighted by Crippen LogP contribution is -2.18. The maximum Gasteiger partial charge on any atom is 0.136 e. The van der Waals surface area contributed by atoms with Crippen LogP contribution in [0.25, 0.3) is 0 Å². The summed E-state index contributed by atoms with van der Waals surface area (Å²) in [5, 5.41) is 0. The molecule has 2 saturated carbocycles. The summed E-state index contributed by atoms with van der Waals surface area (Å²) in [6.45, 7) is 1.11. The molecule has 2 rings (SSSR count). The molecule has 2 aliphatic carbocycles. The van der Waals surface area contributed by atoms with E-state index in [1.807, 2.05) is 0 Å². The Kier molecular flexibility index (Phi) is 1.53. The van der Waals surface area contributed by atoms with Crippen LogP contribution >= 0.6 is 0 Å². The number of carbonyl (C=O) groups excluding carboxylic acids is 1. The summed E-state index contributed by atoms with van der Waals surface area (Å²) in [5.41, 5.74) is 0. The van der Waals surface area contributed by atoms with Gasteiger partial charge in [-0.15, -0.1) is 0 Å². The summed E-state index contributed by atoms with van der Waals surface area (Å²) in [5.74, 6) is 2.48. The van der Waals surface area contributed by atoms with E-state index in [1.54, 1.807) is 0 Å². The van der Waals surface area contributed by atoms with Crippen molar-refractivity contribution in [3.05, 3.63) is 0 Å². The monoisotopic (exact) mass is 153 g/mol. The van der Waals surface area contributed by atoms with Crippen molar-refractivity contribution in [3.63, 3.8) is 0 Å². The second-order valence-corrected chi connectivity index (χ2v) is 4.12. The SMILES string of the molecule is CN(C)C[C@@H]1[C@@H]2CCC(=O)[C@H]12. The van der Waals surface area contributed by atoms with Crippen molar-refractivity contribution in [1.29, 1.82) is 0 Å². The normalized spacial score (nSPS) is 41.4. The minimum atomic E-state index is 0.470. The highest BCUT2D eigenvalue weighted by atomic mass is 16.1. The molecule has 0 unspecified atom stereocenters. The van der Waals surface area contributed by atoms with Gasteiger partial charge in [-0.3, -0.25) is 4.79 Å². The summed E-state index contributed by atoms with van der Waals surface area (Å²) in [6, 6.07) is 0. The maximum absolute atomic E-state index is 11.2. The zero-order valence-electron chi connectivity index (χ0n) is 7.21. The van der Waals surface area contributed by atoms with Crippen molar-refractivity contribution >= 4 is 5.78 Å². The Labute approximate surface area is 67.6 Å². The molecule has 2 aliphatic rings. The number of ketones is 1. The Morgan fingerprint density at radius 2 is 2.27 bits per heavy atom. The highest BCUT2D eigenvalue weighted by molar-refractivity contribution is 5.87. The third-order valence-corrected chi connectivity index (χ3v) is 3.00. The fourth-order valence-corrected chi connectivity index (χ4v) is 2.46. The average molecular weight is 153 g/mol. The van der Waals surface area contributed by atoms with Crippen molar-refractivity contribution in [3.8, 4) is 0 Å². The molecular weight excluding hydrogens is 138 g/mol. The Bertz CT molecular complexity index is 188. The van der Waals surface area contributed by atoms with Gasteiger partial charge in [-0.1, -0.05) is 0 Å². The van der Waals surface area contributed by atoms with Gasteiger partial charge in [-0.05, 0) is 32.4 Å². The number of hydrogen-bond acceptors (Lipinski definition) is 2. The number of Topliss-reactive ketones (excluding diaryl/α,β-unsaturated/α-hetero) is 1. The van der Waals surface area contributed by atoms with Crippen LogP contribution in [-0.4, -0.2) is 31.3 Å². The Balaban J connectivity index is 1.89. The van der Waals surface area contributed by atoms with Gasteiger partial charge in [0, 0.05) is 18.9 Å². The van der Waals surface area contributed by atoms with Gasteiger partial charge in [0.25, 0.3) is 0 Å². The van der Waals surface area contributed by atoms with Gasteiger partial charge in [0.05, 0.1) is 0 Å². The minimum Gasteiger partial charge on any atom is -0.309 e. The quantitative estimate of drug-likeness (QED) is 0.584. The summed E-state index contributed by atoms with van der Waals surface area (Å²) in [7, 11) is 4.16. The summed E-state index contributed by atoms with van der Waals surface area (Å²) in [4.78, 5) is 13.4. The number of nitrogens with zero attached hydrogens (tertiary/aromatic N) is 1. The Hall–Kier alpha value is -0.370. The molecule has 11 heavy (non-hydrogen) atoms. The number of hydrogen-bond donors (Lipinski definition) is 0. The first-order valence-corrected chi connectivity index (χ1v) is 4.37. The molecule has 0 bridgehead atoms. The second-order valence-electron chi connectivity index (χ2n) is 4.12. The zero-order chi connectivity index (χ0) is 8.01. The van der Waals surface area contributed by atoms with Gasteiger partial charge < -0.3 is 4.90 Å². The molecule has 2 nitrogen and oxygen atoms in total. The first-order chi connectivity index (χ1) is 5.20. The lowest BCUT2D eigenvalue weighted by atomic mass is 10.1. The van der Waals surface area contributed by atoms with Crippen LogP contribution in [0.1, 0.15) is 12.8 Å². The molecule has 0 heterocycles. The van der Waals surface area contributed by atoms with Crippen LogP contribution in [0, 0.1) is 17.8 Å². The standard InChI is InChI=1S/C9H15NO/c1-10(2)5-7-6-3-4-8(11)9(6)7/h6-7,9H,3-5H2,1-2H3/t6-,7+,9-/m0/s1. The Morgan fingerprint density at radius 3 is 2.73 bits per heavy atom. The van der Waals surface area contributed by atoms with Gasteiger partial charge >= 0.3 is 0 Å². The van der Waals surface area contributed by atoms with Crippen LogP contribution in [-0.2, 0) is 4.79 Å². The van der Waals surface area contributed by atoms with E-state index in [0.717, 1.165) is 18.9 Å². The van der Waals surface area contributed by atoms with Crippen LogP contribution in [0.3, 0.4) is 0 Å². The molecule has 2 fully saturated rings. The van der Waals surface area contributed by atoms with E-state index in [1.165, 1.54) is 6.42 Å². The molecule has 0 aliphatic heterocycles. The Morgan fingerprint density at radius 1 is 1.55 bits per heavy atom. The molecule has 0 radical (unpaired) electrons. The van der Waals surface area contributed by atoms with E-state index < -0.39 is 0 Å². The van der Waals surface area contributed by atoms with E-state index in [9.17, 15) is 4.79 Å². The minimum absolute atomic E-state index is 0.470. The molecule has 0 spiro atoms. The molecule has 62 valence electrons. The zero-order valence-corrected chi connectivity index (χ0v) is 7.21. The summed E-state index contributed by atoms with van der Waals surface area (Å²) < 4.78 is 0. The molecule has 0 N–H and O–H groups in total. The van der Waals surface area contributed by atoms with E-state index >= 15 is 0 Å². The fourth-order valence-electron chi connectivity index (χ4n) is 2.46. The first kappa shape index (κ1) is 7.29. The van der Waals surface area contributed by atoms with Gasteiger partial charge in [-0.25, -0.2) is 0 Å². The number of rotatable bonds is 2. The van der Waals surface area contributed by atoms with Crippen LogP contribution in [0.4, 0.5) is 0 Å². The smallest absolute Gasteiger partial charge is 0.136 e. The molecule has 3 atom stereocenters. The molecule has 0 aromatic carbocycles. The van der Waals surface area contributed by atoms with Crippen molar-refractivity contribution in [2.24, 2.45) is 17.8 Å². The number of carbonyl (C=O) groups is 1. The van der Waals surface area contributed by atoms with E-state index in [-0.39, 0.29) is 0 Å². The van der Waals surface area contributed by atoms with Gasteiger partial charge in [0.2, 0.25) is 0 Å². The predicted molar refractivity (Wildman–Crippen MR) is 43.3 cm³/mol. The summed E-state index contributed by atoms with van der Waals surface area (Å²) in [6.07, 6.45) is 2.03. The topological polar surface area (TPSA) is 20.3 Å². The van der Waals surface area contributed by atoms with Crippen LogP contribution in [0.2, 0.25) is 0 Å². The van der Waals surface area contributed by atoms with Crippen molar-refractivity contribution in [2.45, 2.75) is 12.8 Å². The van der Waals surface area contributed by atoms with Gasteiger partial charge in [0.15, 0.2) is 0 Å². The van der Waals surface area contributed by atoms with Crippen molar-refractivity contribution < 1.29 is 4.79 Å². The highest BCUT2D eigenvalue weighted by Crippen LogP contribution is 2.55. The van der Waals surface area contributed by atoms with Crippen molar-refractivity contribution in [2.75, 3.05) is 20.6 Å². The number of fused-ring (bicyclic) bond motifs is 1. The lowest BCUT2D eigenvalue weighted by Gasteiger charge is -2.09. The molecular formula is C9H15NO.